The Morgan fingerprint density at radius 2 is 1.72 bits per heavy atom. The van der Waals surface area contributed by atoms with Gasteiger partial charge in [-0.2, -0.15) is 0 Å². The molecule has 0 saturated carbocycles. The first-order chi connectivity index (χ1) is 11.8. The molecule has 1 aromatic heterocycles. The normalized spacial score (nSPS) is 11.5. The second kappa shape index (κ2) is 6.81. The fourth-order valence-electron chi connectivity index (χ4n) is 2.18. The first-order valence-electron chi connectivity index (χ1n) is 6.97. The van der Waals surface area contributed by atoms with Gasteiger partial charge in [-0.1, -0.05) is 0 Å². The predicted octanol–water partition coefficient (Wildman–Crippen LogP) is 4.96. The van der Waals surface area contributed by atoms with Crippen molar-refractivity contribution in [3.8, 4) is 11.3 Å². The molecule has 4 nitrogen and oxygen atoms in total. The predicted molar refractivity (Wildman–Crippen MR) is 97.2 cm³/mol. The molecule has 0 unspecified atom stereocenters. The van der Waals surface area contributed by atoms with Crippen LogP contribution in [0.1, 0.15) is 4.88 Å². The van der Waals surface area contributed by atoms with E-state index in [-0.39, 0.29) is 20.3 Å². The van der Waals surface area contributed by atoms with Gasteiger partial charge in [0.2, 0.25) is 0 Å². The lowest BCUT2D eigenvalue weighted by Gasteiger charge is -2.07. The summed E-state index contributed by atoms with van der Waals surface area (Å²) in [4.78, 5) is 4.97. The lowest BCUT2D eigenvalue weighted by Crippen LogP contribution is -2.13. The third-order valence-corrected chi connectivity index (χ3v) is 6.65. The van der Waals surface area contributed by atoms with Crippen LogP contribution in [0.5, 0.6) is 0 Å². The van der Waals surface area contributed by atoms with E-state index in [1.807, 2.05) is 0 Å². The van der Waals surface area contributed by atoms with Crippen molar-refractivity contribution in [3.05, 3.63) is 63.4 Å². The Bertz CT molecular complexity index is 1030. The maximum Gasteiger partial charge on any atom is 0.264 e. The topological polar surface area (TPSA) is 59.1 Å². The number of rotatable bonds is 4. The quantitative estimate of drug-likeness (QED) is 0.618. The second-order valence-electron chi connectivity index (χ2n) is 5.11. The number of halogens is 3. The van der Waals surface area contributed by atoms with Gasteiger partial charge in [-0.25, -0.2) is 22.2 Å². The van der Waals surface area contributed by atoms with Gasteiger partial charge in [0.05, 0.1) is 5.69 Å². The van der Waals surface area contributed by atoms with Crippen molar-refractivity contribution in [1.29, 1.82) is 0 Å². The van der Waals surface area contributed by atoms with Crippen LogP contribution in [0.25, 0.3) is 11.3 Å². The molecule has 3 rings (SSSR count). The first-order valence-corrected chi connectivity index (χ1v) is 10.1. The Kier molecular flexibility index (Phi) is 4.90. The number of aryl methyl sites for hydroxylation is 1. The highest BCUT2D eigenvalue weighted by atomic mass is 79.9. The molecule has 0 atom stereocenters. The SMILES string of the molecule is Cc1sc(NS(=O)(=O)c2ccc(F)cc2Br)nc1-c1ccc(F)cc1. The molecule has 0 bridgehead atoms. The number of nitrogens with one attached hydrogen (secondary N) is 1. The van der Waals surface area contributed by atoms with Crippen molar-refractivity contribution >= 4 is 42.4 Å². The smallest absolute Gasteiger partial charge is 0.255 e. The summed E-state index contributed by atoms with van der Waals surface area (Å²) in [6.45, 7) is 1.79. The minimum absolute atomic E-state index is 0.0925. The molecule has 0 aliphatic heterocycles. The molecule has 0 saturated heterocycles. The van der Waals surface area contributed by atoms with Gasteiger partial charge in [0.25, 0.3) is 10.0 Å². The zero-order valence-corrected chi connectivity index (χ0v) is 16.0. The Hall–Kier alpha value is -1.84. The van der Waals surface area contributed by atoms with Gasteiger partial charge in [0.1, 0.15) is 16.5 Å². The maximum atomic E-state index is 13.2. The molecule has 0 aliphatic rings. The Morgan fingerprint density at radius 1 is 1.08 bits per heavy atom. The van der Waals surface area contributed by atoms with Crippen molar-refractivity contribution in [2.45, 2.75) is 11.8 Å². The van der Waals surface area contributed by atoms with Crippen molar-refractivity contribution in [2.75, 3.05) is 4.72 Å². The van der Waals surface area contributed by atoms with Gasteiger partial charge >= 0.3 is 0 Å². The number of nitrogens with zero attached hydrogens (tertiary/aromatic N) is 1. The summed E-state index contributed by atoms with van der Waals surface area (Å²) in [5.74, 6) is -0.909. The van der Waals surface area contributed by atoms with Crippen molar-refractivity contribution in [3.63, 3.8) is 0 Å². The number of anilines is 1. The van der Waals surface area contributed by atoms with E-state index in [4.69, 9.17) is 0 Å². The first kappa shape index (κ1) is 18.0. The maximum absolute atomic E-state index is 13.2. The van der Waals surface area contributed by atoms with E-state index in [1.165, 1.54) is 18.2 Å². The summed E-state index contributed by atoms with van der Waals surface area (Å²) in [7, 11) is -3.93. The standard InChI is InChI=1S/C16H11BrF2N2O2S2/c1-9-15(10-2-4-11(18)5-3-10)20-16(24-9)21-25(22,23)14-7-6-12(19)8-13(14)17/h2-8H,1H3,(H,20,21). The van der Waals surface area contributed by atoms with E-state index in [2.05, 4.69) is 25.6 Å². The molecule has 1 N–H and O–H groups in total. The molecular formula is C16H11BrF2N2O2S2. The number of sulfonamides is 1. The van der Waals surface area contributed by atoms with Gasteiger partial charge in [0.15, 0.2) is 5.13 Å². The molecule has 1 heterocycles. The molecule has 130 valence electrons. The van der Waals surface area contributed by atoms with Gasteiger partial charge in [-0.15, -0.1) is 11.3 Å². The van der Waals surface area contributed by atoms with Crippen LogP contribution in [-0.4, -0.2) is 13.4 Å². The number of hydrogen-bond acceptors (Lipinski definition) is 4. The van der Waals surface area contributed by atoms with Gasteiger partial charge in [-0.3, -0.25) is 4.72 Å². The molecule has 0 radical (unpaired) electrons. The number of benzene rings is 2. The van der Waals surface area contributed by atoms with Crippen LogP contribution in [0.3, 0.4) is 0 Å². The van der Waals surface area contributed by atoms with E-state index in [0.29, 0.717) is 11.3 Å². The Labute approximate surface area is 155 Å². The van der Waals surface area contributed by atoms with Crippen LogP contribution in [0.2, 0.25) is 0 Å². The molecule has 2 aromatic carbocycles. The minimum Gasteiger partial charge on any atom is -0.255 e. The van der Waals surface area contributed by atoms with Crippen LogP contribution in [0, 0.1) is 18.6 Å². The van der Waals surface area contributed by atoms with Crippen molar-refractivity contribution in [1.82, 2.24) is 4.98 Å². The lowest BCUT2D eigenvalue weighted by molar-refractivity contribution is 0.599. The average Bonchev–Trinajstić information content (AvgIpc) is 2.87. The molecule has 25 heavy (non-hydrogen) atoms. The lowest BCUT2D eigenvalue weighted by atomic mass is 10.1. The zero-order chi connectivity index (χ0) is 18.2. The van der Waals surface area contributed by atoms with Gasteiger partial charge in [-0.05, 0) is 65.3 Å². The van der Waals surface area contributed by atoms with E-state index in [9.17, 15) is 17.2 Å². The number of aromatic nitrogens is 1. The highest BCUT2D eigenvalue weighted by molar-refractivity contribution is 9.10. The third kappa shape index (κ3) is 3.88. The Morgan fingerprint density at radius 3 is 2.36 bits per heavy atom. The van der Waals surface area contributed by atoms with Crippen molar-refractivity contribution < 1.29 is 17.2 Å². The number of hydrogen-bond donors (Lipinski definition) is 1. The van der Waals surface area contributed by atoms with E-state index in [0.717, 1.165) is 28.3 Å². The molecular weight excluding hydrogens is 434 g/mol. The fraction of sp³-hybridized carbons (Fsp3) is 0.0625. The fourth-order valence-corrected chi connectivity index (χ4v) is 5.30. The molecule has 3 aromatic rings. The summed E-state index contributed by atoms with van der Waals surface area (Å²) in [5, 5.41) is 0.174. The summed E-state index contributed by atoms with van der Waals surface area (Å²) < 4.78 is 53.7. The largest absolute Gasteiger partial charge is 0.264 e. The molecule has 0 spiro atoms. The summed E-state index contributed by atoms with van der Waals surface area (Å²) >= 11 is 4.21. The third-order valence-electron chi connectivity index (χ3n) is 3.32. The van der Waals surface area contributed by atoms with Crippen LogP contribution < -0.4 is 4.72 Å². The number of thiazole rings is 1. The molecule has 0 amide bonds. The summed E-state index contributed by atoms with van der Waals surface area (Å²) in [6.07, 6.45) is 0. The van der Waals surface area contributed by atoms with Gasteiger partial charge < -0.3 is 0 Å². The second-order valence-corrected chi connectivity index (χ2v) is 8.82. The highest BCUT2D eigenvalue weighted by Crippen LogP contribution is 2.32. The van der Waals surface area contributed by atoms with Crippen LogP contribution in [0.15, 0.2) is 51.8 Å². The minimum atomic E-state index is -3.93. The average molecular weight is 445 g/mol. The highest BCUT2D eigenvalue weighted by Gasteiger charge is 2.21. The van der Waals surface area contributed by atoms with Crippen LogP contribution in [-0.2, 0) is 10.0 Å². The van der Waals surface area contributed by atoms with Crippen molar-refractivity contribution in [2.24, 2.45) is 0 Å². The molecule has 9 heteroatoms. The molecule has 0 fully saturated rings. The van der Waals surface area contributed by atoms with Crippen LogP contribution in [0.4, 0.5) is 13.9 Å². The summed E-state index contributed by atoms with van der Waals surface area (Å²) in [6, 6.07) is 9.09. The monoisotopic (exact) mass is 444 g/mol. The van der Waals surface area contributed by atoms with E-state index >= 15 is 0 Å². The van der Waals surface area contributed by atoms with Gasteiger partial charge in [0, 0.05) is 14.9 Å². The van der Waals surface area contributed by atoms with E-state index in [1.54, 1.807) is 19.1 Å². The zero-order valence-electron chi connectivity index (χ0n) is 12.8. The molecule has 0 aliphatic carbocycles. The Balaban J connectivity index is 1.93. The van der Waals surface area contributed by atoms with E-state index < -0.39 is 15.8 Å². The van der Waals surface area contributed by atoms with Crippen LogP contribution >= 0.6 is 27.3 Å². The summed E-state index contributed by atoms with van der Waals surface area (Å²) in [5.41, 5.74) is 1.25.